The molecular formula is C16H28N4O2. The fraction of sp³-hybridized carbons (Fsp3) is 0.750. The van der Waals surface area contributed by atoms with Crippen LogP contribution in [0.4, 0.5) is 0 Å². The molecule has 2 heterocycles. The molecule has 1 amide bonds. The zero-order chi connectivity index (χ0) is 16.3. The number of aryl methyl sites for hydroxylation is 2. The van der Waals surface area contributed by atoms with E-state index in [0.29, 0.717) is 12.6 Å². The number of carbonyl (C=O) groups is 1. The molecule has 0 radical (unpaired) electrons. The maximum atomic E-state index is 12.7. The number of aromatic nitrogens is 2. The number of rotatable bonds is 4. The molecule has 0 saturated carbocycles. The number of aliphatic hydroxyl groups is 1. The molecule has 1 aromatic rings. The third-order valence-corrected chi connectivity index (χ3v) is 4.55. The number of nitrogens with zero attached hydrogens (tertiary/aromatic N) is 4. The number of hydrogen-bond acceptors (Lipinski definition) is 4. The van der Waals surface area contributed by atoms with Crippen LogP contribution >= 0.6 is 0 Å². The van der Waals surface area contributed by atoms with Crippen molar-refractivity contribution in [1.29, 1.82) is 0 Å². The number of likely N-dealkylation sites (tertiary alicyclic amines) is 1. The first-order chi connectivity index (χ1) is 10.4. The van der Waals surface area contributed by atoms with Gasteiger partial charge in [-0.05, 0) is 52.8 Å². The molecule has 1 aliphatic rings. The Bertz CT molecular complexity index is 512. The molecule has 0 bridgehead atoms. The Kier molecular flexibility index (Phi) is 5.58. The van der Waals surface area contributed by atoms with Gasteiger partial charge in [0.15, 0.2) is 0 Å². The lowest BCUT2D eigenvalue weighted by Crippen LogP contribution is -2.44. The van der Waals surface area contributed by atoms with Crippen LogP contribution in [0.3, 0.4) is 0 Å². The molecule has 2 rings (SSSR count). The average molecular weight is 308 g/mol. The summed E-state index contributed by atoms with van der Waals surface area (Å²) < 4.78 is 1.77. The molecule has 0 aliphatic carbocycles. The first kappa shape index (κ1) is 17.0. The summed E-state index contributed by atoms with van der Waals surface area (Å²) in [5, 5.41) is 13.9. The summed E-state index contributed by atoms with van der Waals surface area (Å²) in [5.74, 6) is 0.257. The standard InChI is InChI=1S/C16H28N4O2/c1-12-7-13(2)20(17-12)10-16(22)19-8-14(11-21)5-6-15(9-19)18(3)4/h7,14-15,21H,5-6,8-11H2,1-4H3/t14-,15+/m0/s1. The Hall–Kier alpha value is -1.40. The molecule has 1 aromatic heterocycles. The molecular weight excluding hydrogens is 280 g/mol. The molecule has 22 heavy (non-hydrogen) atoms. The minimum absolute atomic E-state index is 0.0819. The van der Waals surface area contributed by atoms with E-state index in [1.165, 1.54) is 0 Å². The van der Waals surface area contributed by atoms with E-state index in [0.717, 1.165) is 30.8 Å². The lowest BCUT2D eigenvalue weighted by atomic mass is 10.0. The van der Waals surface area contributed by atoms with Crippen LogP contribution in [0.15, 0.2) is 6.07 Å². The Balaban J connectivity index is 2.09. The van der Waals surface area contributed by atoms with Crippen LogP contribution in [0.25, 0.3) is 0 Å². The molecule has 124 valence electrons. The zero-order valence-corrected chi connectivity index (χ0v) is 14.1. The highest BCUT2D eigenvalue weighted by molar-refractivity contribution is 5.76. The highest BCUT2D eigenvalue weighted by Crippen LogP contribution is 2.19. The van der Waals surface area contributed by atoms with Gasteiger partial charge in [0.05, 0.1) is 5.69 Å². The summed E-state index contributed by atoms with van der Waals surface area (Å²) in [7, 11) is 4.10. The van der Waals surface area contributed by atoms with Crippen LogP contribution < -0.4 is 0 Å². The van der Waals surface area contributed by atoms with E-state index < -0.39 is 0 Å². The molecule has 1 fully saturated rings. The molecule has 0 aromatic carbocycles. The molecule has 1 saturated heterocycles. The van der Waals surface area contributed by atoms with E-state index in [9.17, 15) is 9.90 Å². The van der Waals surface area contributed by atoms with Gasteiger partial charge in [-0.15, -0.1) is 0 Å². The van der Waals surface area contributed by atoms with Gasteiger partial charge in [0, 0.05) is 31.4 Å². The quantitative estimate of drug-likeness (QED) is 0.888. The number of likely N-dealkylation sites (N-methyl/N-ethyl adjacent to an activating group) is 1. The van der Waals surface area contributed by atoms with Crippen molar-refractivity contribution in [1.82, 2.24) is 19.6 Å². The summed E-state index contributed by atoms with van der Waals surface area (Å²) >= 11 is 0. The Labute approximate surface area is 132 Å². The van der Waals surface area contributed by atoms with Crippen molar-refractivity contribution in [2.45, 2.75) is 39.3 Å². The molecule has 1 N–H and O–H groups in total. The van der Waals surface area contributed by atoms with Crippen LogP contribution in [0, 0.1) is 19.8 Å². The fourth-order valence-corrected chi connectivity index (χ4v) is 3.09. The van der Waals surface area contributed by atoms with Gasteiger partial charge in [0.25, 0.3) is 0 Å². The molecule has 0 spiro atoms. The second-order valence-electron chi connectivity index (χ2n) is 6.63. The first-order valence-electron chi connectivity index (χ1n) is 7.96. The van der Waals surface area contributed by atoms with Crippen molar-refractivity contribution < 1.29 is 9.90 Å². The van der Waals surface area contributed by atoms with Crippen LogP contribution in [0.5, 0.6) is 0 Å². The topological polar surface area (TPSA) is 61.6 Å². The minimum Gasteiger partial charge on any atom is -0.396 e. The molecule has 6 heteroatoms. The van der Waals surface area contributed by atoms with Gasteiger partial charge in [-0.1, -0.05) is 0 Å². The van der Waals surface area contributed by atoms with Crippen molar-refractivity contribution >= 4 is 5.91 Å². The minimum atomic E-state index is 0.0819. The van der Waals surface area contributed by atoms with Crippen molar-refractivity contribution in [2.75, 3.05) is 33.8 Å². The molecule has 1 aliphatic heterocycles. The Morgan fingerprint density at radius 2 is 2.09 bits per heavy atom. The molecule has 0 unspecified atom stereocenters. The number of amides is 1. The fourth-order valence-electron chi connectivity index (χ4n) is 3.09. The summed E-state index contributed by atoms with van der Waals surface area (Å²) in [5.41, 5.74) is 1.93. The van der Waals surface area contributed by atoms with E-state index in [-0.39, 0.29) is 25.0 Å². The van der Waals surface area contributed by atoms with Gasteiger partial charge >= 0.3 is 0 Å². The second-order valence-corrected chi connectivity index (χ2v) is 6.63. The predicted octanol–water partition coefficient (Wildman–Crippen LogP) is 0.661. The first-order valence-corrected chi connectivity index (χ1v) is 7.96. The van der Waals surface area contributed by atoms with Gasteiger partial charge in [-0.25, -0.2) is 0 Å². The maximum Gasteiger partial charge on any atom is 0.244 e. The zero-order valence-electron chi connectivity index (χ0n) is 14.1. The number of carbonyl (C=O) groups excluding carboxylic acids is 1. The van der Waals surface area contributed by atoms with Gasteiger partial charge < -0.3 is 14.9 Å². The van der Waals surface area contributed by atoms with E-state index in [1.54, 1.807) is 4.68 Å². The number of hydrogen-bond donors (Lipinski definition) is 1. The SMILES string of the molecule is Cc1cc(C)n(CC(=O)N2C[C@@H](CO)CC[C@@H](N(C)C)C2)n1. The lowest BCUT2D eigenvalue weighted by molar-refractivity contribution is -0.133. The van der Waals surface area contributed by atoms with E-state index in [2.05, 4.69) is 10.00 Å². The van der Waals surface area contributed by atoms with Crippen LogP contribution in [0.1, 0.15) is 24.2 Å². The van der Waals surface area contributed by atoms with Crippen LogP contribution in [-0.4, -0.2) is 70.4 Å². The van der Waals surface area contributed by atoms with Crippen LogP contribution in [0.2, 0.25) is 0 Å². The maximum absolute atomic E-state index is 12.7. The highest BCUT2D eigenvalue weighted by atomic mass is 16.3. The summed E-state index contributed by atoms with van der Waals surface area (Å²) in [6.07, 6.45) is 1.98. The summed E-state index contributed by atoms with van der Waals surface area (Å²) in [6, 6.07) is 2.33. The Morgan fingerprint density at radius 1 is 1.36 bits per heavy atom. The monoisotopic (exact) mass is 308 g/mol. The second kappa shape index (κ2) is 7.24. The summed E-state index contributed by atoms with van der Waals surface area (Å²) in [6.45, 7) is 5.68. The number of aliphatic hydroxyl groups excluding tert-OH is 1. The van der Waals surface area contributed by atoms with E-state index in [1.807, 2.05) is 38.9 Å². The smallest absolute Gasteiger partial charge is 0.244 e. The third kappa shape index (κ3) is 4.08. The van der Waals surface area contributed by atoms with Crippen molar-refractivity contribution in [3.63, 3.8) is 0 Å². The largest absolute Gasteiger partial charge is 0.396 e. The van der Waals surface area contributed by atoms with Gasteiger partial charge in [0.1, 0.15) is 6.54 Å². The van der Waals surface area contributed by atoms with Gasteiger partial charge in [-0.2, -0.15) is 5.10 Å². The predicted molar refractivity (Wildman–Crippen MR) is 85.6 cm³/mol. The van der Waals surface area contributed by atoms with Crippen molar-refractivity contribution in [3.8, 4) is 0 Å². The van der Waals surface area contributed by atoms with E-state index in [4.69, 9.17) is 0 Å². The third-order valence-electron chi connectivity index (χ3n) is 4.55. The van der Waals surface area contributed by atoms with E-state index >= 15 is 0 Å². The summed E-state index contributed by atoms with van der Waals surface area (Å²) in [4.78, 5) is 16.7. The van der Waals surface area contributed by atoms with Crippen molar-refractivity contribution in [3.05, 3.63) is 17.5 Å². The van der Waals surface area contributed by atoms with Crippen molar-refractivity contribution in [2.24, 2.45) is 5.92 Å². The normalized spacial score (nSPS) is 22.9. The Morgan fingerprint density at radius 3 is 2.64 bits per heavy atom. The van der Waals surface area contributed by atoms with Gasteiger partial charge in [-0.3, -0.25) is 9.48 Å². The van der Waals surface area contributed by atoms with Gasteiger partial charge in [0.2, 0.25) is 5.91 Å². The molecule has 2 atom stereocenters. The highest BCUT2D eigenvalue weighted by Gasteiger charge is 2.28. The average Bonchev–Trinajstić information content (AvgIpc) is 2.67. The lowest BCUT2D eigenvalue weighted by Gasteiger charge is -2.29. The van der Waals surface area contributed by atoms with Crippen LogP contribution in [-0.2, 0) is 11.3 Å². The molecule has 6 nitrogen and oxygen atoms in total.